The topological polar surface area (TPSA) is 37.3 Å². The number of rotatable bonds is 19. The summed E-state index contributed by atoms with van der Waals surface area (Å²) in [7, 11) is 0. The lowest BCUT2D eigenvalue weighted by atomic mass is 9.80. The van der Waals surface area contributed by atoms with Crippen LogP contribution in [0.25, 0.3) is 0 Å². The molecule has 0 bridgehead atoms. The molecule has 0 fully saturated rings. The third-order valence-corrected chi connectivity index (χ3v) is 5.68. The molecule has 0 radical (unpaired) electrons. The van der Waals surface area contributed by atoms with Crippen LogP contribution in [-0.4, -0.2) is 11.1 Å². The van der Waals surface area contributed by atoms with Gasteiger partial charge in [0.2, 0.25) is 0 Å². The number of carboxylic acids is 1. The Hall–Kier alpha value is -0.530. The summed E-state index contributed by atoms with van der Waals surface area (Å²) in [4.78, 5) is 11.7. The zero-order chi connectivity index (χ0) is 18.8. The quantitative estimate of drug-likeness (QED) is 0.238. The summed E-state index contributed by atoms with van der Waals surface area (Å²) in [6.45, 7) is 6.46. The molecule has 0 amide bonds. The van der Waals surface area contributed by atoms with E-state index < -0.39 is 11.4 Å². The minimum atomic E-state index is -0.586. The number of hydrogen-bond donors (Lipinski definition) is 1. The Morgan fingerprint density at radius 3 is 1.16 bits per heavy atom. The van der Waals surface area contributed by atoms with Crippen molar-refractivity contribution in [2.24, 2.45) is 5.41 Å². The van der Waals surface area contributed by atoms with Crippen molar-refractivity contribution in [3.8, 4) is 0 Å². The maximum Gasteiger partial charge on any atom is 0.309 e. The Morgan fingerprint density at radius 1 is 0.600 bits per heavy atom. The van der Waals surface area contributed by atoms with E-state index in [1.165, 1.54) is 89.9 Å². The van der Waals surface area contributed by atoms with E-state index in [-0.39, 0.29) is 0 Å². The van der Waals surface area contributed by atoms with Gasteiger partial charge in [-0.1, -0.05) is 117 Å². The third-order valence-electron chi connectivity index (χ3n) is 5.68. The van der Waals surface area contributed by atoms with Gasteiger partial charge in [-0.05, 0) is 19.8 Å². The van der Waals surface area contributed by atoms with E-state index in [9.17, 15) is 9.90 Å². The predicted molar refractivity (Wildman–Crippen MR) is 110 cm³/mol. The van der Waals surface area contributed by atoms with Crippen LogP contribution in [-0.2, 0) is 4.79 Å². The van der Waals surface area contributed by atoms with Crippen LogP contribution in [0.2, 0.25) is 0 Å². The van der Waals surface area contributed by atoms with Crippen molar-refractivity contribution in [1.82, 2.24) is 0 Å². The van der Waals surface area contributed by atoms with E-state index in [0.717, 1.165) is 25.7 Å². The van der Waals surface area contributed by atoms with Gasteiger partial charge in [0.1, 0.15) is 0 Å². The fraction of sp³-hybridized carbons (Fsp3) is 0.957. The first-order chi connectivity index (χ1) is 12.1. The summed E-state index contributed by atoms with van der Waals surface area (Å²) in [5.74, 6) is -0.586. The van der Waals surface area contributed by atoms with Crippen molar-refractivity contribution in [2.75, 3.05) is 0 Å². The van der Waals surface area contributed by atoms with Gasteiger partial charge in [-0.3, -0.25) is 4.79 Å². The molecule has 1 unspecified atom stereocenters. The summed E-state index contributed by atoms with van der Waals surface area (Å²) in [5.41, 5.74) is -0.495. The van der Waals surface area contributed by atoms with Crippen molar-refractivity contribution in [1.29, 1.82) is 0 Å². The molecule has 0 aromatic rings. The lowest BCUT2D eigenvalue weighted by Gasteiger charge is -2.24. The Kier molecular flexibility index (Phi) is 16.6. The molecule has 0 rings (SSSR count). The number of carboxylic acid groups (broad SMARTS) is 1. The Balaban J connectivity index is 3.68. The first kappa shape index (κ1) is 24.5. The Bertz CT molecular complexity index is 300. The summed E-state index contributed by atoms with van der Waals surface area (Å²) in [6, 6.07) is 0. The molecule has 0 aromatic heterocycles. The second kappa shape index (κ2) is 16.9. The third kappa shape index (κ3) is 14.3. The van der Waals surface area contributed by atoms with E-state index in [2.05, 4.69) is 13.8 Å². The normalized spacial score (nSPS) is 13.7. The first-order valence-electron chi connectivity index (χ1n) is 11.3. The van der Waals surface area contributed by atoms with Gasteiger partial charge in [0.05, 0.1) is 5.41 Å². The largest absolute Gasteiger partial charge is 0.481 e. The van der Waals surface area contributed by atoms with Crippen molar-refractivity contribution in [3.63, 3.8) is 0 Å². The fourth-order valence-electron chi connectivity index (χ4n) is 3.64. The zero-order valence-electron chi connectivity index (χ0n) is 17.6. The van der Waals surface area contributed by atoms with Gasteiger partial charge in [0, 0.05) is 0 Å². The molecule has 1 N–H and O–H groups in total. The second-order valence-electron chi connectivity index (χ2n) is 8.32. The van der Waals surface area contributed by atoms with E-state index in [1.54, 1.807) is 0 Å². The molecule has 2 heteroatoms. The van der Waals surface area contributed by atoms with Gasteiger partial charge < -0.3 is 5.11 Å². The zero-order valence-corrected chi connectivity index (χ0v) is 17.6. The van der Waals surface area contributed by atoms with Crippen molar-refractivity contribution in [2.45, 2.75) is 136 Å². The first-order valence-corrected chi connectivity index (χ1v) is 11.3. The van der Waals surface area contributed by atoms with Crippen LogP contribution in [0.5, 0.6) is 0 Å². The molecule has 0 aliphatic carbocycles. The molecule has 2 nitrogen and oxygen atoms in total. The van der Waals surface area contributed by atoms with E-state index in [4.69, 9.17) is 0 Å². The fourth-order valence-corrected chi connectivity index (χ4v) is 3.64. The highest BCUT2D eigenvalue weighted by Crippen LogP contribution is 2.31. The van der Waals surface area contributed by atoms with Gasteiger partial charge in [-0.2, -0.15) is 0 Å². The maximum atomic E-state index is 11.7. The van der Waals surface area contributed by atoms with E-state index >= 15 is 0 Å². The van der Waals surface area contributed by atoms with Crippen molar-refractivity contribution >= 4 is 5.97 Å². The average Bonchev–Trinajstić information content (AvgIpc) is 2.59. The highest BCUT2D eigenvalue weighted by molar-refractivity contribution is 5.74. The molecule has 1 atom stereocenters. The van der Waals surface area contributed by atoms with Crippen molar-refractivity contribution in [3.05, 3.63) is 0 Å². The highest BCUT2D eigenvalue weighted by atomic mass is 16.4. The van der Waals surface area contributed by atoms with Gasteiger partial charge in [0.15, 0.2) is 0 Å². The average molecular weight is 355 g/mol. The monoisotopic (exact) mass is 354 g/mol. The van der Waals surface area contributed by atoms with Gasteiger partial charge in [-0.25, -0.2) is 0 Å². The maximum absolute atomic E-state index is 11.7. The van der Waals surface area contributed by atoms with Crippen LogP contribution in [0, 0.1) is 5.41 Å². The number of carbonyl (C=O) groups is 1. The summed E-state index contributed by atoms with van der Waals surface area (Å²) in [5, 5.41) is 9.62. The van der Waals surface area contributed by atoms with Crippen LogP contribution >= 0.6 is 0 Å². The second-order valence-corrected chi connectivity index (χ2v) is 8.32. The summed E-state index contributed by atoms with van der Waals surface area (Å²) in [6.07, 6.45) is 22.2. The standard InChI is InChI=1S/C23H46O2/c1-4-6-8-10-12-13-14-15-17-19-21-23(3,22(24)25)20-18-16-11-9-7-5-2/h4-21H2,1-3H3,(H,24,25). The van der Waals surface area contributed by atoms with Crippen LogP contribution in [0.3, 0.4) is 0 Å². The van der Waals surface area contributed by atoms with Gasteiger partial charge >= 0.3 is 5.97 Å². The van der Waals surface area contributed by atoms with Crippen LogP contribution in [0.15, 0.2) is 0 Å². The van der Waals surface area contributed by atoms with E-state index in [0.29, 0.717) is 0 Å². The van der Waals surface area contributed by atoms with Crippen molar-refractivity contribution < 1.29 is 9.90 Å². The van der Waals surface area contributed by atoms with Gasteiger partial charge in [-0.15, -0.1) is 0 Å². The molecule has 0 aliphatic heterocycles. The van der Waals surface area contributed by atoms with E-state index in [1.807, 2.05) is 6.92 Å². The molecule has 0 heterocycles. The molecular formula is C23H46O2. The molecular weight excluding hydrogens is 308 g/mol. The van der Waals surface area contributed by atoms with Gasteiger partial charge in [0.25, 0.3) is 0 Å². The molecule has 150 valence electrons. The lowest BCUT2D eigenvalue weighted by molar-refractivity contribution is -0.149. The minimum absolute atomic E-state index is 0.495. The lowest BCUT2D eigenvalue weighted by Crippen LogP contribution is -2.27. The van der Waals surface area contributed by atoms with Crippen LogP contribution in [0.1, 0.15) is 136 Å². The summed E-state index contributed by atoms with van der Waals surface area (Å²) >= 11 is 0. The smallest absolute Gasteiger partial charge is 0.309 e. The molecule has 25 heavy (non-hydrogen) atoms. The van der Waals surface area contributed by atoms with Crippen LogP contribution in [0.4, 0.5) is 0 Å². The summed E-state index contributed by atoms with van der Waals surface area (Å²) < 4.78 is 0. The predicted octanol–water partition coefficient (Wildman–Crippen LogP) is 8.14. The number of unbranched alkanes of at least 4 members (excludes halogenated alkanes) is 14. The molecule has 0 aliphatic rings. The molecule has 0 saturated carbocycles. The number of aliphatic carboxylic acids is 1. The molecule has 0 spiro atoms. The molecule has 0 saturated heterocycles. The van der Waals surface area contributed by atoms with Crippen LogP contribution < -0.4 is 0 Å². The Morgan fingerprint density at radius 2 is 0.880 bits per heavy atom. The SMILES string of the molecule is CCCCCCCCCCCCC(C)(CCCCCCCC)C(=O)O. The number of hydrogen-bond acceptors (Lipinski definition) is 1. The molecule has 0 aromatic carbocycles. The minimum Gasteiger partial charge on any atom is -0.481 e. The Labute approximate surface area is 158 Å². The highest BCUT2D eigenvalue weighted by Gasteiger charge is 2.31.